The van der Waals surface area contributed by atoms with Crippen molar-refractivity contribution in [2.24, 2.45) is 0 Å². The van der Waals surface area contributed by atoms with E-state index in [4.69, 9.17) is 5.73 Å². The molecule has 94 valence electrons. The van der Waals surface area contributed by atoms with Crippen LogP contribution in [0.1, 0.15) is 27.3 Å². The van der Waals surface area contributed by atoms with Crippen molar-refractivity contribution in [1.82, 2.24) is 15.3 Å². The molecule has 0 saturated carbocycles. The van der Waals surface area contributed by atoms with Crippen LogP contribution in [0.4, 0.5) is 5.13 Å². The molecule has 0 bridgehead atoms. The van der Waals surface area contributed by atoms with E-state index in [-0.39, 0.29) is 5.91 Å². The average molecular weight is 262 g/mol. The monoisotopic (exact) mass is 262 g/mol. The van der Waals surface area contributed by atoms with Gasteiger partial charge in [-0.05, 0) is 25.0 Å². The highest BCUT2D eigenvalue weighted by molar-refractivity contribution is 7.13. The summed E-state index contributed by atoms with van der Waals surface area (Å²) < 4.78 is 0. The van der Waals surface area contributed by atoms with Crippen LogP contribution in [0.15, 0.2) is 17.6 Å². The zero-order valence-electron chi connectivity index (χ0n) is 10.2. The number of aromatic nitrogens is 2. The minimum Gasteiger partial charge on any atom is -0.375 e. The normalized spacial score (nSPS) is 10.3. The molecule has 2 rings (SSSR count). The SMILES string of the molecule is Cc1cc(CNC(=O)c2csc(N)n2)cnc1C. The smallest absolute Gasteiger partial charge is 0.271 e. The molecule has 2 aromatic heterocycles. The van der Waals surface area contributed by atoms with Gasteiger partial charge in [0.1, 0.15) is 5.69 Å². The zero-order chi connectivity index (χ0) is 13.1. The largest absolute Gasteiger partial charge is 0.375 e. The van der Waals surface area contributed by atoms with E-state index < -0.39 is 0 Å². The quantitative estimate of drug-likeness (QED) is 0.881. The fourth-order valence-electron chi connectivity index (χ4n) is 1.46. The summed E-state index contributed by atoms with van der Waals surface area (Å²) in [4.78, 5) is 19.9. The van der Waals surface area contributed by atoms with E-state index in [2.05, 4.69) is 15.3 Å². The van der Waals surface area contributed by atoms with Crippen molar-refractivity contribution in [3.8, 4) is 0 Å². The van der Waals surface area contributed by atoms with Crippen LogP contribution in [-0.4, -0.2) is 15.9 Å². The van der Waals surface area contributed by atoms with Crippen molar-refractivity contribution in [2.75, 3.05) is 5.73 Å². The van der Waals surface area contributed by atoms with Gasteiger partial charge >= 0.3 is 0 Å². The number of anilines is 1. The molecule has 2 aromatic rings. The number of amides is 1. The minimum atomic E-state index is -0.221. The predicted molar refractivity (Wildman–Crippen MR) is 71.4 cm³/mol. The first kappa shape index (κ1) is 12.5. The Labute approximate surface area is 109 Å². The molecule has 0 unspecified atom stereocenters. The van der Waals surface area contributed by atoms with Gasteiger partial charge in [0.2, 0.25) is 0 Å². The third kappa shape index (κ3) is 2.84. The van der Waals surface area contributed by atoms with Gasteiger partial charge in [0, 0.05) is 23.8 Å². The summed E-state index contributed by atoms with van der Waals surface area (Å²) in [7, 11) is 0. The van der Waals surface area contributed by atoms with Gasteiger partial charge < -0.3 is 11.1 Å². The van der Waals surface area contributed by atoms with Crippen LogP contribution >= 0.6 is 11.3 Å². The second kappa shape index (κ2) is 5.14. The number of hydrogen-bond acceptors (Lipinski definition) is 5. The van der Waals surface area contributed by atoms with Crippen LogP contribution in [0.5, 0.6) is 0 Å². The third-order valence-electron chi connectivity index (χ3n) is 2.60. The minimum absolute atomic E-state index is 0.221. The van der Waals surface area contributed by atoms with Gasteiger partial charge in [0.05, 0.1) is 0 Å². The molecule has 5 nitrogen and oxygen atoms in total. The summed E-state index contributed by atoms with van der Waals surface area (Å²) in [5.41, 5.74) is 8.91. The van der Waals surface area contributed by atoms with Crippen LogP contribution in [0, 0.1) is 13.8 Å². The predicted octanol–water partition coefficient (Wildman–Crippen LogP) is 1.67. The van der Waals surface area contributed by atoms with E-state index in [1.54, 1.807) is 11.6 Å². The van der Waals surface area contributed by atoms with E-state index in [0.717, 1.165) is 16.8 Å². The zero-order valence-corrected chi connectivity index (χ0v) is 11.0. The van der Waals surface area contributed by atoms with Gasteiger partial charge in [-0.2, -0.15) is 0 Å². The summed E-state index contributed by atoms with van der Waals surface area (Å²) in [6, 6.07) is 2.01. The Bertz CT molecular complexity index is 579. The molecule has 0 atom stereocenters. The molecule has 0 aromatic carbocycles. The van der Waals surface area contributed by atoms with Gasteiger partial charge in [0.15, 0.2) is 5.13 Å². The number of pyridine rings is 1. The van der Waals surface area contributed by atoms with E-state index in [0.29, 0.717) is 17.4 Å². The van der Waals surface area contributed by atoms with Gasteiger partial charge in [0.25, 0.3) is 5.91 Å². The number of nitrogens with zero attached hydrogens (tertiary/aromatic N) is 2. The number of nitrogen functional groups attached to an aromatic ring is 1. The molecule has 18 heavy (non-hydrogen) atoms. The first-order valence-corrected chi connectivity index (χ1v) is 6.35. The number of aryl methyl sites for hydroxylation is 2. The molecule has 0 saturated heterocycles. The maximum absolute atomic E-state index is 11.7. The fourth-order valence-corrected chi connectivity index (χ4v) is 2.01. The number of hydrogen-bond donors (Lipinski definition) is 2. The molecular formula is C12H14N4OS. The topological polar surface area (TPSA) is 80.9 Å². The van der Waals surface area contributed by atoms with Gasteiger partial charge in [-0.3, -0.25) is 9.78 Å². The van der Waals surface area contributed by atoms with E-state index in [1.807, 2.05) is 19.9 Å². The molecule has 0 spiro atoms. The lowest BCUT2D eigenvalue weighted by atomic mass is 10.1. The lowest BCUT2D eigenvalue weighted by Crippen LogP contribution is -2.23. The number of carbonyl (C=O) groups is 1. The molecule has 1 amide bonds. The van der Waals surface area contributed by atoms with E-state index in [1.165, 1.54) is 11.3 Å². The Kier molecular flexibility index (Phi) is 3.57. The van der Waals surface area contributed by atoms with Crippen molar-refractivity contribution in [2.45, 2.75) is 20.4 Å². The summed E-state index contributed by atoms with van der Waals surface area (Å²) in [5, 5.41) is 4.82. The molecule has 0 aliphatic heterocycles. The highest BCUT2D eigenvalue weighted by Gasteiger charge is 2.09. The van der Waals surface area contributed by atoms with Crippen LogP contribution in [-0.2, 0) is 6.54 Å². The number of carbonyl (C=O) groups excluding carboxylic acids is 1. The number of nitrogens with one attached hydrogen (secondary N) is 1. The lowest BCUT2D eigenvalue weighted by molar-refractivity contribution is 0.0946. The van der Waals surface area contributed by atoms with Crippen molar-refractivity contribution >= 4 is 22.4 Å². The van der Waals surface area contributed by atoms with Crippen LogP contribution < -0.4 is 11.1 Å². The highest BCUT2D eigenvalue weighted by atomic mass is 32.1. The Balaban J connectivity index is 1.99. The second-order valence-corrected chi connectivity index (χ2v) is 4.89. The number of rotatable bonds is 3. The van der Waals surface area contributed by atoms with E-state index >= 15 is 0 Å². The molecule has 0 aliphatic rings. The Morgan fingerprint density at radius 2 is 2.28 bits per heavy atom. The molecule has 0 radical (unpaired) electrons. The third-order valence-corrected chi connectivity index (χ3v) is 3.28. The molecular weight excluding hydrogens is 248 g/mol. The van der Waals surface area contributed by atoms with Crippen LogP contribution in [0.3, 0.4) is 0 Å². The Morgan fingerprint density at radius 3 is 2.89 bits per heavy atom. The van der Waals surface area contributed by atoms with Crippen molar-refractivity contribution in [3.05, 3.63) is 40.2 Å². The first-order valence-electron chi connectivity index (χ1n) is 5.47. The standard InChI is InChI=1S/C12H14N4OS/c1-7-3-9(4-14-8(7)2)5-15-11(17)10-6-18-12(13)16-10/h3-4,6H,5H2,1-2H3,(H2,13,16)(H,15,17). The molecule has 2 heterocycles. The van der Waals surface area contributed by atoms with Crippen molar-refractivity contribution in [1.29, 1.82) is 0 Å². The maximum atomic E-state index is 11.7. The van der Waals surface area contributed by atoms with Crippen LogP contribution in [0.25, 0.3) is 0 Å². The van der Waals surface area contributed by atoms with Crippen LogP contribution in [0.2, 0.25) is 0 Å². The summed E-state index contributed by atoms with van der Waals surface area (Å²) >= 11 is 1.25. The first-order chi connectivity index (χ1) is 8.56. The second-order valence-electron chi connectivity index (χ2n) is 4.00. The van der Waals surface area contributed by atoms with Crippen molar-refractivity contribution < 1.29 is 4.79 Å². The Hall–Kier alpha value is -1.95. The van der Waals surface area contributed by atoms with Gasteiger partial charge in [-0.25, -0.2) is 4.98 Å². The molecule has 0 aliphatic carbocycles. The summed E-state index contributed by atoms with van der Waals surface area (Å²) in [6.45, 7) is 4.38. The highest BCUT2D eigenvalue weighted by Crippen LogP contribution is 2.11. The molecule has 6 heteroatoms. The maximum Gasteiger partial charge on any atom is 0.271 e. The molecule has 0 fully saturated rings. The van der Waals surface area contributed by atoms with Gasteiger partial charge in [-0.15, -0.1) is 11.3 Å². The van der Waals surface area contributed by atoms with E-state index in [9.17, 15) is 4.79 Å². The fraction of sp³-hybridized carbons (Fsp3) is 0.250. The van der Waals surface area contributed by atoms with Gasteiger partial charge in [-0.1, -0.05) is 6.07 Å². The number of thiazole rings is 1. The lowest BCUT2D eigenvalue weighted by Gasteiger charge is -2.05. The summed E-state index contributed by atoms with van der Waals surface area (Å²) in [6.07, 6.45) is 1.76. The Morgan fingerprint density at radius 1 is 1.50 bits per heavy atom. The average Bonchev–Trinajstić information content (AvgIpc) is 2.77. The molecule has 3 N–H and O–H groups in total. The number of nitrogens with two attached hydrogens (primary N) is 1. The van der Waals surface area contributed by atoms with Crippen molar-refractivity contribution in [3.63, 3.8) is 0 Å². The summed E-state index contributed by atoms with van der Waals surface area (Å²) in [5.74, 6) is -0.221.